The van der Waals surface area contributed by atoms with Crippen LogP contribution < -0.4 is 0 Å². The molecule has 0 amide bonds. The Kier molecular flexibility index (Phi) is 2.84. The molecular weight excluding hydrogens is 228 g/mol. The fourth-order valence-corrected chi connectivity index (χ4v) is 1.95. The van der Waals surface area contributed by atoms with E-state index in [4.69, 9.17) is 4.42 Å². The number of nitrogens with zero attached hydrogens (tertiary/aromatic N) is 2. The largest absolute Gasteiger partial charge is 0.465 e. The van der Waals surface area contributed by atoms with Crippen molar-refractivity contribution in [3.63, 3.8) is 0 Å². The number of carbonyl (C=O) groups is 1. The summed E-state index contributed by atoms with van der Waals surface area (Å²) in [5.41, 5.74) is 0.763. The third kappa shape index (κ3) is 2.14. The van der Waals surface area contributed by atoms with Gasteiger partial charge in [-0.05, 0) is 43.2 Å². The van der Waals surface area contributed by atoms with Crippen LogP contribution in [0.3, 0.4) is 0 Å². The van der Waals surface area contributed by atoms with Crippen LogP contribution in [0.25, 0.3) is 12.2 Å². The van der Waals surface area contributed by atoms with E-state index in [-0.39, 0.29) is 11.8 Å². The molecule has 18 heavy (non-hydrogen) atoms. The lowest BCUT2D eigenvalue weighted by atomic mass is 9.85. The van der Waals surface area contributed by atoms with Gasteiger partial charge >= 0.3 is 0 Å². The van der Waals surface area contributed by atoms with Gasteiger partial charge in [0.1, 0.15) is 5.76 Å². The quantitative estimate of drug-likeness (QED) is 0.831. The Morgan fingerprint density at radius 1 is 1.39 bits per heavy atom. The SMILES string of the molecule is O=C(C1CCC1)n1ccc(/C=C/c2ccco2)n1. The highest BCUT2D eigenvalue weighted by molar-refractivity contribution is 5.81. The Balaban J connectivity index is 1.71. The molecule has 0 bridgehead atoms. The Bertz CT molecular complexity index is 562. The third-order valence-electron chi connectivity index (χ3n) is 3.25. The monoisotopic (exact) mass is 242 g/mol. The van der Waals surface area contributed by atoms with E-state index in [2.05, 4.69) is 5.10 Å². The standard InChI is InChI=1S/C14H14N2O2/c17-14(11-3-1-4-11)16-9-8-12(15-16)6-7-13-5-2-10-18-13/h2,5-11H,1,3-4H2/b7-6+. The predicted molar refractivity (Wildman–Crippen MR) is 67.8 cm³/mol. The second-order valence-electron chi connectivity index (χ2n) is 4.50. The van der Waals surface area contributed by atoms with Crippen molar-refractivity contribution in [3.05, 3.63) is 42.1 Å². The van der Waals surface area contributed by atoms with E-state index in [1.807, 2.05) is 30.4 Å². The molecule has 92 valence electrons. The highest BCUT2D eigenvalue weighted by Crippen LogP contribution is 2.27. The van der Waals surface area contributed by atoms with Crippen molar-refractivity contribution < 1.29 is 9.21 Å². The highest BCUT2D eigenvalue weighted by Gasteiger charge is 2.26. The average Bonchev–Trinajstić information content (AvgIpc) is 2.95. The molecule has 2 aromatic rings. The molecule has 4 nitrogen and oxygen atoms in total. The van der Waals surface area contributed by atoms with Gasteiger partial charge < -0.3 is 4.42 Å². The first-order valence-electron chi connectivity index (χ1n) is 6.14. The lowest BCUT2D eigenvalue weighted by Gasteiger charge is -2.22. The smallest absolute Gasteiger partial charge is 0.249 e. The molecule has 2 heterocycles. The van der Waals surface area contributed by atoms with Crippen molar-refractivity contribution in [1.82, 2.24) is 9.78 Å². The van der Waals surface area contributed by atoms with Gasteiger partial charge in [-0.3, -0.25) is 4.79 Å². The molecule has 0 radical (unpaired) electrons. The molecule has 1 fully saturated rings. The number of rotatable bonds is 3. The van der Waals surface area contributed by atoms with Crippen molar-refractivity contribution in [2.45, 2.75) is 19.3 Å². The summed E-state index contributed by atoms with van der Waals surface area (Å²) >= 11 is 0. The zero-order valence-electron chi connectivity index (χ0n) is 9.95. The van der Waals surface area contributed by atoms with Gasteiger partial charge in [0.2, 0.25) is 5.91 Å². The first-order chi connectivity index (χ1) is 8.83. The van der Waals surface area contributed by atoms with Crippen LogP contribution >= 0.6 is 0 Å². The van der Waals surface area contributed by atoms with Crippen molar-refractivity contribution >= 4 is 18.1 Å². The number of aromatic nitrogens is 2. The van der Waals surface area contributed by atoms with E-state index in [0.29, 0.717) is 0 Å². The molecule has 0 spiro atoms. The van der Waals surface area contributed by atoms with Gasteiger partial charge in [-0.25, -0.2) is 4.68 Å². The molecule has 4 heteroatoms. The molecule has 2 aromatic heterocycles. The summed E-state index contributed by atoms with van der Waals surface area (Å²) in [5.74, 6) is 1.06. The number of hydrogen-bond donors (Lipinski definition) is 0. The van der Waals surface area contributed by atoms with Crippen LogP contribution in [-0.4, -0.2) is 15.7 Å². The van der Waals surface area contributed by atoms with Crippen LogP contribution in [0.4, 0.5) is 0 Å². The summed E-state index contributed by atoms with van der Waals surface area (Å²) in [7, 11) is 0. The molecule has 0 unspecified atom stereocenters. The van der Waals surface area contributed by atoms with Crippen molar-refractivity contribution in [1.29, 1.82) is 0 Å². The first kappa shape index (κ1) is 11.0. The first-order valence-corrected chi connectivity index (χ1v) is 6.14. The van der Waals surface area contributed by atoms with E-state index in [1.54, 1.807) is 12.5 Å². The van der Waals surface area contributed by atoms with Crippen LogP contribution in [0, 0.1) is 5.92 Å². The second-order valence-corrected chi connectivity index (χ2v) is 4.50. The highest BCUT2D eigenvalue weighted by atomic mass is 16.3. The summed E-state index contributed by atoms with van der Waals surface area (Å²) in [6.45, 7) is 0. The van der Waals surface area contributed by atoms with Crippen LogP contribution in [0.1, 0.15) is 35.5 Å². The van der Waals surface area contributed by atoms with E-state index in [1.165, 1.54) is 4.68 Å². The van der Waals surface area contributed by atoms with Gasteiger partial charge in [-0.1, -0.05) is 6.42 Å². The molecule has 1 saturated carbocycles. The van der Waals surface area contributed by atoms with Crippen LogP contribution in [0.5, 0.6) is 0 Å². The third-order valence-corrected chi connectivity index (χ3v) is 3.25. The minimum absolute atomic E-state index is 0.110. The normalized spacial score (nSPS) is 16.0. The van der Waals surface area contributed by atoms with Crippen molar-refractivity contribution in [3.8, 4) is 0 Å². The van der Waals surface area contributed by atoms with Gasteiger partial charge in [-0.15, -0.1) is 0 Å². The molecule has 3 rings (SSSR count). The topological polar surface area (TPSA) is 48.0 Å². The Labute approximate surface area is 105 Å². The summed E-state index contributed by atoms with van der Waals surface area (Å²) in [6, 6.07) is 5.53. The van der Waals surface area contributed by atoms with E-state index >= 15 is 0 Å². The Morgan fingerprint density at radius 2 is 2.28 bits per heavy atom. The second kappa shape index (κ2) is 4.64. The van der Waals surface area contributed by atoms with Crippen molar-refractivity contribution in [2.75, 3.05) is 0 Å². The minimum Gasteiger partial charge on any atom is -0.465 e. The zero-order chi connectivity index (χ0) is 12.4. The fourth-order valence-electron chi connectivity index (χ4n) is 1.95. The molecular formula is C14H14N2O2. The molecule has 0 saturated heterocycles. The molecule has 0 atom stereocenters. The number of hydrogen-bond acceptors (Lipinski definition) is 3. The van der Waals surface area contributed by atoms with Gasteiger partial charge in [0.05, 0.1) is 12.0 Å². The maximum absolute atomic E-state index is 11.9. The van der Waals surface area contributed by atoms with Crippen LogP contribution in [0.15, 0.2) is 35.1 Å². The lowest BCUT2D eigenvalue weighted by Crippen LogP contribution is -2.27. The molecule has 1 aliphatic carbocycles. The predicted octanol–water partition coefficient (Wildman–Crippen LogP) is 3.09. The van der Waals surface area contributed by atoms with Crippen LogP contribution in [-0.2, 0) is 0 Å². The van der Waals surface area contributed by atoms with Crippen LogP contribution in [0.2, 0.25) is 0 Å². The number of carbonyl (C=O) groups excluding carboxylic acids is 1. The molecule has 0 N–H and O–H groups in total. The average molecular weight is 242 g/mol. The zero-order valence-corrected chi connectivity index (χ0v) is 9.95. The minimum atomic E-state index is 0.110. The lowest BCUT2D eigenvalue weighted by molar-refractivity contribution is 0.0747. The van der Waals surface area contributed by atoms with Gasteiger partial charge in [-0.2, -0.15) is 5.10 Å². The van der Waals surface area contributed by atoms with Gasteiger partial charge in [0, 0.05) is 12.1 Å². The molecule has 1 aliphatic rings. The van der Waals surface area contributed by atoms with Crippen molar-refractivity contribution in [2.24, 2.45) is 5.92 Å². The maximum Gasteiger partial charge on any atom is 0.249 e. The van der Waals surface area contributed by atoms with Gasteiger partial charge in [0.15, 0.2) is 0 Å². The summed E-state index contributed by atoms with van der Waals surface area (Å²) in [5, 5.41) is 4.25. The van der Waals surface area contributed by atoms with E-state index in [0.717, 1.165) is 30.7 Å². The summed E-state index contributed by atoms with van der Waals surface area (Å²) in [6.07, 6.45) is 10.2. The maximum atomic E-state index is 11.9. The number of furan rings is 1. The molecule has 0 aromatic carbocycles. The summed E-state index contributed by atoms with van der Waals surface area (Å²) in [4.78, 5) is 11.9. The van der Waals surface area contributed by atoms with E-state index < -0.39 is 0 Å². The van der Waals surface area contributed by atoms with Gasteiger partial charge in [0.25, 0.3) is 0 Å². The van der Waals surface area contributed by atoms with E-state index in [9.17, 15) is 4.79 Å². The summed E-state index contributed by atoms with van der Waals surface area (Å²) < 4.78 is 6.64. The Hall–Kier alpha value is -2.10. The molecule has 0 aliphatic heterocycles. The fraction of sp³-hybridized carbons (Fsp3) is 0.286. The Morgan fingerprint density at radius 3 is 2.94 bits per heavy atom.